The topological polar surface area (TPSA) is 141 Å². The molecule has 0 aliphatic heterocycles. The molecule has 0 spiro atoms. The highest BCUT2D eigenvalue weighted by Crippen LogP contribution is 2.30. The molecule has 3 N–H and O–H groups in total. The molecule has 10 nitrogen and oxygen atoms in total. The number of nitrogens with zero attached hydrogens (tertiary/aromatic N) is 4. The molecule has 3 aromatic rings. The van der Waals surface area contributed by atoms with Crippen LogP contribution >= 0.6 is 11.3 Å². The maximum absolute atomic E-state index is 12.8. The quantitative estimate of drug-likeness (QED) is 0.389. The third-order valence-electron chi connectivity index (χ3n) is 4.78. The molecule has 0 saturated heterocycles. The lowest BCUT2D eigenvalue weighted by atomic mass is 10.2. The number of benzene rings is 1. The van der Waals surface area contributed by atoms with Crippen LogP contribution in [0.4, 0.5) is 22.0 Å². The zero-order chi connectivity index (χ0) is 28.8. The van der Waals surface area contributed by atoms with E-state index >= 15 is 0 Å². The molecule has 17 heteroatoms. The second kappa shape index (κ2) is 12.4. The fraction of sp³-hybridized carbons (Fsp3) is 0.286. The number of aromatic nitrogens is 3. The highest BCUT2D eigenvalue weighted by atomic mass is 32.2. The van der Waals surface area contributed by atoms with E-state index in [-0.39, 0.29) is 30.1 Å². The molecule has 38 heavy (non-hydrogen) atoms. The Balaban J connectivity index is 0.000000638. The highest BCUT2D eigenvalue weighted by molar-refractivity contribution is 7.89. The molecule has 0 aliphatic carbocycles. The minimum atomic E-state index is -5.08. The molecule has 0 atom stereocenters. The van der Waals surface area contributed by atoms with Gasteiger partial charge >= 0.3 is 17.8 Å². The lowest BCUT2D eigenvalue weighted by Crippen LogP contribution is -2.27. The van der Waals surface area contributed by atoms with Crippen molar-refractivity contribution in [3.05, 3.63) is 69.7 Å². The zero-order valence-corrected chi connectivity index (χ0v) is 21.4. The fourth-order valence-electron chi connectivity index (χ4n) is 2.78. The maximum Gasteiger partial charge on any atom is 0.490 e. The third-order valence-corrected chi connectivity index (χ3v) is 7.71. The van der Waals surface area contributed by atoms with Crippen LogP contribution in [-0.2, 0) is 27.9 Å². The lowest BCUT2D eigenvalue weighted by Gasteiger charge is -2.11. The van der Waals surface area contributed by atoms with Gasteiger partial charge in [0, 0.05) is 36.0 Å². The highest BCUT2D eigenvalue weighted by Gasteiger charge is 2.38. The van der Waals surface area contributed by atoms with Crippen molar-refractivity contribution in [1.29, 1.82) is 0 Å². The number of alkyl halides is 3. The van der Waals surface area contributed by atoms with Crippen LogP contribution in [0.25, 0.3) is 10.4 Å². The molecular weight excluding hydrogens is 561 g/mol. The van der Waals surface area contributed by atoms with Gasteiger partial charge in [-0.05, 0) is 29.8 Å². The van der Waals surface area contributed by atoms with Crippen LogP contribution < -0.4 is 11.4 Å². The van der Waals surface area contributed by atoms with E-state index in [4.69, 9.17) is 15.6 Å². The molecule has 0 radical (unpaired) electrons. The standard InChI is InChI=1S/C19H21F2N5O3S2.C2HF3O2/c1-24(2)31(28,29)16-5-3-4-13(8-16)17-7-6-15(30-17)11-25-12-23-26(19(25)27)10-14(9-22)18(20)21;3-2(4,5)1(6)7/h3-8,12H,9-11,22H2,1-2H3;(H,6,7). The Labute approximate surface area is 217 Å². The summed E-state index contributed by atoms with van der Waals surface area (Å²) in [6.07, 6.45) is -5.71. The largest absolute Gasteiger partial charge is 0.490 e. The van der Waals surface area contributed by atoms with Gasteiger partial charge < -0.3 is 10.8 Å². The van der Waals surface area contributed by atoms with Gasteiger partial charge in [-0.2, -0.15) is 27.1 Å². The number of hydrogen-bond acceptors (Lipinski definition) is 7. The summed E-state index contributed by atoms with van der Waals surface area (Å²) in [6.45, 7) is -0.523. The molecule has 0 amide bonds. The Hall–Kier alpha value is -3.41. The number of halogens is 5. The van der Waals surface area contributed by atoms with Gasteiger partial charge in [-0.15, -0.1) is 11.3 Å². The summed E-state index contributed by atoms with van der Waals surface area (Å²) in [5, 5.41) is 11.0. The number of aliphatic carboxylic acids is 1. The molecule has 0 fully saturated rings. The SMILES string of the molecule is CN(C)S(=O)(=O)c1cccc(-c2ccc(Cn3cnn(CC(CN)=C(F)F)c3=O)s2)c1.O=C(O)C(F)(F)F. The summed E-state index contributed by atoms with van der Waals surface area (Å²) in [7, 11) is -0.616. The van der Waals surface area contributed by atoms with Gasteiger partial charge in [-0.3, -0.25) is 4.57 Å². The first-order valence-electron chi connectivity index (χ1n) is 10.3. The van der Waals surface area contributed by atoms with Crippen LogP contribution in [0, 0.1) is 0 Å². The summed E-state index contributed by atoms with van der Waals surface area (Å²) in [5.74, 6) is -2.76. The molecule has 0 aliphatic rings. The molecule has 0 unspecified atom stereocenters. The van der Waals surface area contributed by atoms with Gasteiger partial charge in [0.1, 0.15) is 6.33 Å². The smallest absolute Gasteiger partial charge is 0.475 e. The van der Waals surface area contributed by atoms with E-state index < -0.39 is 33.9 Å². The van der Waals surface area contributed by atoms with E-state index in [1.54, 1.807) is 18.2 Å². The van der Waals surface area contributed by atoms with E-state index in [0.717, 1.165) is 24.3 Å². The zero-order valence-electron chi connectivity index (χ0n) is 19.8. The Bertz CT molecular complexity index is 1470. The number of rotatable bonds is 8. The summed E-state index contributed by atoms with van der Waals surface area (Å²) in [6, 6.07) is 10.3. The summed E-state index contributed by atoms with van der Waals surface area (Å²) >= 11 is 1.40. The van der Waals surface area contributed by atoms with Crippen molar-refractivity contribution in [2.75, 3.05) is 20.6 Å². The van der Waals surface area contributed by atoms with Gasteiger partial charge in [0.15, 0.2) is 0 Å². The monoisotopic (exact) mass is 583 g/mol. The van der Waals surface area contributed by atoms with Crippen LogP contribution in [0.3, 0.4) is 0 Å². The van der Waals surface area contributed by atoms with Crippen molar-refractivity contribution in [2.24, 2.45) is 5.73 Å². The van der Waals surface area contributed by atoms with E-state index in [0.29, 0.717) is 0 Å². The van der Waals surface area contributed by atoms with Crippen molar-refractivity contribution < 1.29 is 40.3 Å². The molecule has 3 rings (SSSR count). The van der Waals surface area contributed by atoms with Crippen molar-refractivity contribution in [3.8, 4) is 10.4 Å². The van der Waals surface area contributed by atoms with E-state index in [9.17, 15) is 35.2 Å². The molecule has 0 bridgehead atoms. The first-order valence-corrected chi connectivity index (χ1v) is 12.6. The van der Waals surface area contributed by atoms with E-state index in [1.165, 1.54) is 42.4 Å². The molecule has 1 aromatic carbocycles. The first-order chi connectivity index (χ1) is 17.6. The molecule has 0 saturated carbocycles. The first kappa shape index (κ1) is 30.8. The normalized spacial score (nSPS) is 11.7. The average Bonchev–Trinajstić information content (AvgIpc) is 3.44. The molecule has 2 aromatic heterocycles. The van der Waals surface area contributed by atoms with Gasteiger partial charge in [-0.25, -0.2) is 27.0 Å². The number of nitrogens with two attached hydrogens (primary N) is 1. The van der Waals surface area contributed by atoms with Crippen LogP contribution in [0.2, 0.25) is 0 Å². The van der Waals surface area contributed by atoms with Gasteiger partial charge in [0.2, 0.25) is 10.0 Å². The number of hydrogen-bond donors (Lipinski definition) is 2. The predicted octanol–water partition coefficient (Wildman–Crippen LogP) is 2.81. The second-order valence-corrected chi connectivity index (χ2v) is 11.0. The number of sulfonamides is 1. The Morgan fingerprint density at radius 2 is 1.82 bits per heavy atom. The number of carboxylic acid groups (broad SMARTS) is 1. The van der Waals surface area contributed by atoms with E-state index in [2.05, 4.69) is 5.10 Å². The number of carbonyl (C=O) groups is 1. The molecule has 208 valence electrons. The average molecular weight is 584 g/mol. The lowest BCUT2D eigenvalue weighted by molar-refractivity contribution is -0.192. The minimum Gasteiger partial charge on any atom is -0.475 e. The van der Waals surface area contributed by atoms with Crippen molar-refractivity contribution in [2.45, 2.75) is 24.2 Å². The van der Waals surface area contributed by atoms with Crippen molar-refractivity contribution in [3.63, 3.8) is 0 Å². The van der Waals surface area contributed by atoms with Crippen LogP contribution in [0.1, 0.15) is 4.88 Å². The maximum atomic E-state index is 12.8. The third kappa shape index (κ3) is 7.80. The van der Waals surface area contributed by atoms with E-state index in [1.807, 2.05) is 12.1 Å². The fourth-order valence-corrected chi connectivity index (χ4v) is 4.73. The van der Waals surface area contributed by atoms with Gasteiger partial charge in [-0.1, -0.05) is 12.1 Å². The molecular formula is C21H22F5N5O5S2. The van der Waals surface area contributed by atoms with Crippen LogP contribution in [0.5, 0.6) is 0 Å². The Kier molecular flexibility index (Phi) is 10.1. The predicted molar refractivity (Wildman–Crippen MR) is 128 cm³/mol. The Morgan fingerprint density at radius 3 is 2.34 bits per heavy atom. The summed E-state index contributed by atoms with van der Waals surface area (Å²) in [4.78, 5) is 23.2. The number of carboxylic acids is 1. The van der Waals surface area contributed by atoms with Crippen LogP contribution in [0.15, 0.2) is 64.1 Å². The van der Waals surface area contributed by atoms with Crippen molar-refractivity contribution in [1.82, 2.24) is 18.7 Å². The van der Waals surface area contributed by atoms with Crippen molar-refractivity contribution >= 4 is 27.3 Å². The molecule has 2 heterocycles. The minimum absolute atomic E-state index is 0.186. The summed E-state index contributed by atoms with van der Waals surface area (Å²) < 4.78 is 85.4. The van der Waals surface area contributed by atoms with Gasteiger partial charge in [0.05, 0.1) is 18.0 Å². The number of thiophene rings is 1. The summed E-state index contributed by atoms with van der Waals surface area (Å²) in [5.41, 5.74) is 5.15. The van der Waals surface area contributed by atoms with Crippen LogP contribution in [-0.4, -0.2) is 65.0 Å². The van der Waals surface area contributed by atoms with Gasteiger partial charge in [0.25, 0.3) is 6.08 Å². The second-order valence-electron chi connectivity index (χ2n) is 7.65. The Morgan fingerprint density at radius 1 is 1.18 bits per heavy atom.